The highest BCUT2D eigenvalue weighted by atomic mass is 16.6. The normalized spacial score (nSPS) is 40.6. The van der Waals surface area contributed by atoms with Crippen molar-refractivity contribution >= 4 is 6.29 Å². The lowest BCUT2D eigenvalue weighted by molar-refractivity contribution is -0.213. The van der Waals surface area contributed by atoms with Gasteiger partial charge in [0.15, 0.2) is 0 Å². The Balaban J connectivity index is 1.92. The number of hydrogen-bond acceptors (Lipinski definition) is 3. The number of ether oxygens (including phenoxy) is 2. The van der Waals surface area contributed by atoms with Gasteiger partial charge in [-0.2, -0.15) is 0 Å². The molecule has 2 rings (SSSR count). The fourth-order valence-electron chi connectivity index (χ4n) is 2.38. The lowest BCUT2D eigenvalue weighted by Gasteiger charge is -2.40. The number of hydrogen-bond donors (Lipinski definition) is 0. The zero-order valence-corrected chi connectivity index (χ0v) is 9.15. The smallest absolute Gasteiger partial charge is 0.142 e. The monoisotopic (exact) mass is 210 g/mol. The molecule has 0 aromatic heterocycles. The Morgan fingerprint density at radius 2 is 2.20 bits per heavy atom. The van der Waals surface area contributed by atoms with Gasteiger partial charge in [0.05, 0.1) is 24.4 Å². The molecule has 3 nitrogen and oxygen atoms in total. The summed E-state index contributed by atoms with van der Waals surface area (Å²) < 4.78 is 11.9. The average Bonchev–Trinajstić information content (AvgIpc) is 2.64. The van der Waals surface area contributed by atoms with Gasteiger partial charge in [-0.1, -0.05) is 6.08 Å². The van der Waals surface area contributed by atoms with Gasteiger partial charge in [-0.3, -0.25) is 4.79 Å². The van der Waals surface area contributed by atoms with Gasteiger partial charge in [0.1, 0.15) is 6.29 Å². The highest BCUT2D eigenvalue weighted by molar-refractivity contribution is 5.64. The van der Waals surface area contributed by atoms with Crippen molar-refractivity contribution in [2.45, 2.75) is 50.4 Å². The van der Waals surface area contributed by atoms with E-state index in [1.165, 1.54) is 12.5 Å². The molecular weight excluding hydrogens is 192 g/mol. The van der Waals surface area contributed by atoms with Gasteiger partial charge in [-0.25, -0.2) is 0 Å². The van der Waals surface area contributed by atoms with Crippen LogP contribution in [0.4, 0.5) is 0 Å². The third kappa shape index (κ3) is 2.47. The van der Waals surface area contributed by atoms with Crippen molar-refractivity contribution in [1.82, 2.24) is 0 Å². The first-order chi connectivity index (χ1) is 7.23. The summed E-state index contributed by atoms with van der Waals surface area (Å²) in [6.07, 6.45) is 8.95. The molecule has 0 spiro atoms. The molecule has 1 aliphatic heterocycles. The summed E-state index contributed by atoms with van der Waals surface area (Å²) in [7, 11) is 0. The van der Waals surface area contributed by atoms with Gasteiger partial charge in [0, 0.05) is 0 Å². The van der Waals surface area contributed by atoms with Crippen LogP contribution in [0.1, 0.15) is 32.6 Å². The first-order valence-corrected chi connectivity index (χ1v) is 5.63. The van der Waals surface area contributed by atoms with Gasteiger partial charge in [-0.05, 0) is 38.7 Å². The quantitative estimate of drug-likeness (QED) is 0.527. The molecule has 0 N–H and O–H groups in total. The van der Waals surface area contributed by atoms with Crippen molar-refractivity contribution < 1.29 is 14.3 Å². The van der Waals surface area contributed by atoms with Crippen LogP contribution in [-0.4, -0.2) is 30.7 Å². The molecule has 3 atom stereocenters. The van der Waals surface area contributed by atoms with Crippen LogP contribution in [0.3, 0.4) is 0 Å². The van der Waals surface area contributed by atoms with Crippen molar-refractivity contribution in [3.05, 3.63) is 12.2 Å². The number of carbonyl (C=O) groups is 1. The molecule has 0 amide bonds. The zero-order valence-electron chi connectivity index (χ0n) is 9.15. The van der Waals surface area contributed by atoms with E-state index >= 15 is 0 Å². The van der Waals surface area contributed by atoms with E-state index in [1.54, 1.807) is 0 Å². The molecule has 15 heavy (non-hydrogen) atoms. The summed E-state index contributed by atoms with van der Waals surface area (Å²) in [6, 6.07) is 0. The van der Waals surface area contributed by atoms with Gasteiger partial charge >= 0.3 is 0 Å². The number of carbonyl (C=O) groups excluding carboxylic acids is 1. The second kappa shape index (κ2) is 4.45. The van der Waals surface area contributed by atoms with Crippen LogP contribution in [0.15, 0.2) is 12.2 Å². The van der Waals surface area contributed by atoms with Crippen molar-refractivity contribution in [3.8, 4) is 0 Å². The maximum Gasteiger partial charge on any atom is 0.142 e. The van der Waals surface area contributed by atoms with Gasteiger partial charge < -0.3 is 9.47 Å². The second-order valence-electron chi connectivity index (χ2n) is 4.65. The summed E-state index contributed by atoms with van der Waals surface area (Å²) >= 11 is 0. The molecule has 1 saturated heterocycles. The molecule has 84 valence electrons. The Labute approximate surface area is 90.4 Å². The van der Waals surface area contributed by atoms with E-state index < -0.39 is 0 Å². The van der Waals surface area contributed by atoms with Crippen molar-refractivity contribution in [3.63, 3.8) is 0 Å². The largest absolute Gasteiger partial charge is 0.373 e. The summed E-state index contributed by atoms with van der Waals surface area (Å²) in [4.78, 5) is 10.2. The lowest BCUT2D eigenvalue weighted by atomic mass is 10.0. The fraction of sp³-hybridized carbons (Fsp3) is 0.750. The molecule has 1 saturated carbocycles. The molecule has 0 aromatic rings. The van der Waals surface area contributed by atoms with E-state index in [-0.39, 0.29) is 11.7 Å². The predicted octanol–water partition coefficient (Wildman–Crippen LogP) is 1.86. The molecule has 0 radical (unpaired) electrons. The minimum Gasteiger partial charge on any atom is -0.373 e. The maximum absolute atomic E-state index is 10.2. The molecule has 0 unspecified atom stereocenters. The third-order valence-corrected chi connectivity index (χ3v) is 3.19. The molecule has 1 aliphatic carbocycles. The van der Waals surface area contributed by atoms with Crippen molar-refractivity contribution in [2.24, 2.45) is 0 Å². The van der Waals surface area contributed by atoms with Gasteiger partial charge in [-0.15, -0.1) is 0 Å². The molecule has 3 heteroatoms. The second-order valence-corrected chi connectivity index (χ2v) is 4.65. The molecule has 1 heterocycles. The van der Waals surface area contributed by atoms with Crippen LogP contribution in [0.5, 0.6) is 0 Å². The molecule has 2 fully saturated rings. The predicted molar refractivity (Wildman–Crippen MR) is 56.7 cm³/mol. The highest BCUT2D eigenvalue weighted by Gasteiger charge is 2.40. The van der Waals surface area contributed by atoms with E-state index in [1.807, 2.05) is 6.08 Å². The number of fused-ring (bicyclic) bond motifs is 1. The minimum atomic E-state index is -0.245. The Morgan fingerprint density at radius 1 is 1.40 bits per heavy atom. The van der Waals surface area contributed by atoms with Crippen molar-refractivity contribution in [2.75, 3.05) is 6.61 Å². The first-order valence-electron chi connectivity index (χ1n) is 5.63. The Bertz CT molecular complexity index is 262. The van der Waals surface area contributed by atoms with Crippen LogP contribution < -0.4 is 0 Å². The summed E-state index contributed by atoms with van der Waals surface area (Å²) in [5, 5.41) is 0. The van der Waals surface area contributed by atoms with Crippen LogP contribution in [-0.2, 0) is 14.3 Å². The van der Waals surface area contributed by atoms with Crippen LogP contribution in [0.2, 0.25) is 0 Å². The van der Waals surface area contributed by atoms with E-state index in [0.717, 1.165) is 25.5 Å². The summed E-state index contributed by atoms with van der Waals surface area (Å²) in [6.45, 7) is 2.69. The van der Waals surface area contributed by atoms with E-state index in [2.05, 4.69) is 6.92 Å². The Kier molecular flexibility index (Phi) is 3.22. The van der Waals surface area contributed by atoms with Gasteiger partial charge in [0.25, 0.3) is 0 Å². The van der Waals surface area contributed by atoms with E-state index in [0.29, 0.717) is 12.7 Å². The lowest BCUT2D eigenvalue weighted by Crippen LogP contribution is -2.47. The van der Waals surface area contributed by atoms with Crippen LogP contribution in [0, 0.1) is 0 Å². The SMILES string of the molecule is C[C@@]1(C/C=C/C=O)CO[C@@H]2CCC[C@H]2O1. The number of rotatable bonds is 3. The Hall–Kier alpha value is -0.670. The third-order valence-electron chi connectivity index (χ3n) is 3.19. The standard InChI is InChI=1S/C12H18O3/c1-12(7-2-3-8-13)9-14-10-5-4-6-11(10)15-12/h2-3,8,10-11H,4-7,9H2,1H3/b3-2+/t10-,11-,12-/m1/s1. The zero-order chi connectivity index (χ0) is 10.7. The van der Waals surface area contributed by atoms with E-state index in [9.17, 15) is 4.79 Å². The fourth-order valence-corrected chi connectivity index (χ4v) is 2.38. The molecule has 0 bridgehead atoms. The van der Waals surface area contributed by atoms with Crippen LogP contribution in [0.25, 0.3) is 0 Å². The molecule has 2 aliphatic rings. The molecule has 0 aromatic carbocycles. The van der Waals surface area contributed by atoms with E-state index in [4.69, 9.17) is 9.47 Å². The number of allylic oxidation sites excluding steroid dienone is 1. The average molecular weight is 210 g/mol. The first kappa shape index (κ1) is 10.8. The van der Waals surface area contributed by atoms with Crippen LogP contribution >= 0.6 is 0 Å². The van der Waals surface area contributed by atoms with Gasteiger partial charge in [0.2, 0.25) is 0 Å². The highest BCUT2D eigenvalue weighted by Crippen LogP contribution is 2.35. The number of aldehydes is 1. The topological polar surface area (TPSA) is 35.5 Å². The Morgan fingerprint density at radius 3 is 3.00 bits per heavy atom. The maximum atomic E-state index is 10.2. The minimum absolute atomic E-state index is 0.245. The summed E-state index contributed by atoms with van der Waals surface area (Å²) in [5.74, 6) is 0. The summed E-state index contributed by atoms with van der Waals surface area (Å²) in [5.41, 5.74) is -0.245. The van der Waals surface area contributed by atoms with Crippen molar-refractivity contribution in [1.29, 1.82) is 0 Å². The molecular formula is C12H18O3.